The highest BCUT2D eigenvalue weighted by molar-refractivity contribution is 6.04. The van der Waals surface area contributed by atoms with E-state index in [0.29, 0.717) is 36.3 Å². The standard InChI is InChI=1S/C27H33NO3.C2HF3O2/c1-3-24(29)22-16-20(25(30)11-7-8-19-12-14-28-15-13-19)17-23-26(22)31-18-27(23,2)21-9-5-4-6-10-21;3-2(4,5)1(6)7/h4-6,9-10,16-17,19,28H,3,7-8,11-15,18H2,1-2H3;(H,6,7). The third-order valence-electron chi connectivity index (χ3n) is 7.26. The zero-order valence-electron chi connectivity index (χ0n) is 21.7. The van der Waals surface area contributed by atoms with Crippen molar-refractivity contribution in [3.63, 3.8) is 0 Å². The first-order valence-corrected chi connectivity index (χ1v) is 12.9. The number of ketones is 2. The maximum atomic E-state index is 13.1. The highest BCUT2D eigenvalue weighted by Crippen LogP contribution is 2.46. The minimum absolute atomic E-state index is 0.0258. The zero-order valence-corrected chi connectivity index (χ0v) is 21.7. The van der Waals surface area contributed by atoms with Gasteiger partial charge in [-0.05, 0) is 69.3 Å². The second-order valence-corrected chi connectivity index (χ2v) is 9.98. The SMILES string of the molecule is CCC(=O)c1cc(C(=O)CCCC2CCNCC2)cc2c1OCC2(C)c1ccccc1.O=C(O)C(F)(F)F. The summed E-state index contributed by atoms with van der Waals surface area (Å²) in [5.41, 5.74) is 2.93. The number of ether oxygens (including phenoxy) is 1. The summed E-state index contributed by atoms with van der Waals surface area (Å²) in [6.07, 6.45) is 0.258. The van der Waals surface area contributed by atoms with E-state index in [-0.39, 0.29) is 17.0 Å². The van der Waals surface area contributed by atoms with Crippen LogP contribution in [0.2, 0.25) is 0 Å². The molecule has 0 spiro atoms. The summed E-state index contributed by atoms with van der Waals surface area (Å²) in [6, 6.07) is 14.0. The van der Waals surface area contributed by atoms with Gasteiger partial charge in [0.2, 0.25) is 0 Å². The van der Waals surface area contributed by atoms with E-state index >= 15 is 0 Å². The van der Waals surface area contributed by atoms with Gasteiger partial charge in [0.05, 0.1) is 11.0 Å². The second-order valence-electron chi connectivity index (χ2n) is 9.98. The molecule has 0 aromatic heterocycles. The smallest absolute Gasteiger partial charge is 0.490 e. The molecule has 2 aliphatic rings. The Labute approximate surface area is 220 Å². The molecule has 0 saturated carbocycles. The predicted octanol–water partition coefficient (Wildman–Crippen LogP) is 5.96. The first-order chi connectivity index (χ1) is 18.0. The number of carboxylic acids is 1. The molecule has 0 amide bonds. The number of carbonyl (C=O) groups is 3. The number of hydrogen-bond acceptors (Lipinski definition) is 5. The van der Waals surface area contributed by atoms with Gasteiger partial charge < -0.3 is 15.2 Å². The summed E-state index contributed by atoms with van der Waals surface area (Å²) in [5.74, 6) is -1.22. The molecule has 1 atom stereocenters. The normalized spacial score (nSPS) is 19.1. The molecule has 2 aliphatic heterocycles. The highest BCUT2D eigenvalue weighted by atomic mass is 19.4. The van der Waals surface area contributed by atoms with Crippen molar-refractivity contribution >= 4 is 17.5 Å². The third kappa shape index (κ3) is 7.01. The van der Waals surface area contributed by atoms with Gasteiger partial charge in [0.15, 0.2) is 11.6 Å². The van der Waals surface area contributed by atoms with Gasteiger partial charge >= 0.3 is 12.1 Å². The molecule has 38 heavy (non-hydrogen) atoms. The van der Waals surface area contributed by atoms with Crippen LogP contribution in [0.15, 0.2) is 42.5 Å². The van der Waals surface area contributed by atoms with E-state index in [1.54, 1.807) is 6.07 Å². The summed E-state index contributed by atoms with van der Waals surface area (Å²) >= 11 is 0. The molecule has 6 nitrogen and oxygen atoms in total. The van der Waals surface area contributed by atoms with E-state index in [1.807, 2.05) is 31.2 Å². The lowest BCUT2D eigenvalue weighted by Crippen LogP contribution is -2.27. The van der Waals surface area contributed by atoms with Gasteiger partial charge in [-0.1, -0.05) is 37.3 Å². The minimum atomic E-state index is -5.08. The maximum Gasteiger partial charge on any atom is 0.490 e. The lowest BCUT2D eigenvalue weighted by molar-refractivity contribution is -0.192. The number of halogens is 3. The second kappa shape index (κ2) is 12.6. The number of benzene rings is 2. The molecule has 2 aromatic rings. The number of Topliss-reactive ketones (excluding diaryl/α,β-unsaturated/α-hetero) is 2. The Morgan fingerprint density at radius 2 is 1.71 bits per heavy atom. The molecule has 2 aromatic carbocycles. The summed E-state index contributed by atoms with van der Waals surface area (Å²) in [4.78, 5) is 34.7. The molecule has 1 saturated heterocycles. The van der Waals surface area contributed by atoms with Crippen LogP contribution < -0.4 is 10.1 Å². The number of fused-ring (bicyclic) bond motifs is 1. The van der Waals surface area contributed by atoms with Gasteiger partial charge in [-0.25, -0.2) is 4.79 Å². The van der Waals surface area contributed by atoms with Crippen molar-refractivity contribution in [2.75, 3.05) is 19.7 Å². The van der Waals surface area contributed by atoms with Gasteiger partial charge in [0, 0.05) is 24.0 Å². The molecule has 0 bridgehead atoms. The molecular weight excluding hydrogens is 499 g/mol. The van der Waals surface area contributed by atoms with Crippen molar-refractivity contribution in [1.29, 1.82) is 0 Å². The van der Waals surface area contributed by atoms with Crippen LogP contribution in [0.3, 0.4) is 0 Å². The zero-order chi connectivity index (χ0) is 27.9. The largest absolute Gasteiger partial charge is 0.491 e. The van der Waals surface area contributed by atoms with Crippen LogP contribution >= 0.6 is 0 Å². The van der Waals surface area contributed by atoms with Gasteiger partial charge in [-0.3, -0.25) is 9.59 Å². The van der Waals surface area contributed by atoms with Crippen molar-refractivity contribution in [3.05, 3.63) is 64.7 Å². The number of hydrogen-bond donors (Lipinski definition) is 2. The fourth-order valence-electron chi connectivity index (χ4n) is 4.96. The monoisotopic (exact) mass is 533 g/mol. The molecule has 4 rings (SSSR count). The van der Waals surface area contributed by atoms with Crippen LogP contribution in [0.1, 0.15) is 84.2 Å². The van der Waals surface area contributed by atoms with Gasteiger partial charge in [-0.2, -0.15) is 13.2 Å². The Morgan fingerprint density at radius 1 is 1.08 bits per heavy atom. The number of alkyl halides is 3. The maximum absolute atomic E-state index is 13.1. The Hall–Kier alpha value is -3.20. The number of carbonyl (C=O) groups excluding carboxylic acids is 2. The van der Waals surface area contributed by atoms with Crippen LogP contribution in [0.25, 0.3) is 0 Å². The molecule has 2 heterocycles. The summed E-state index contributed by atoms with van der Waals surface area (Å²) in [6.45, 7) is 6.64. The number of aliphatic carboxylic acids is 1. The Bertz CT molecular complexity index is 1140. The number of nitrogens with one attached hydrogen (secondary N) is 1. The van der Waals surface area contributed by atoms with E-state index in [1.165, 1.54) is 12.8 Å². The molecule has 1 unspecified atom stereocenters. The average molecular weight is 534 g/mol. The summed E-state index contributed by atoms with van der Waals surface area (Å²) < 4.78 is 37.8. The molecular formula is C29H34F3NO5. The lowest BCUT2D eigenvalue weighted by atomic mass is 9.76. The van der Waals surface area contributed by atoms with E-state index in [0.717, 1.165) is 43.0 Å². The van der Waals surface area contributed by atoms with E-state index in [9.17, 15) is 22.8 Å². The Balaban J connectivity index is 0.000000505. The van der Waals surface area contributed by atoms with E-state index in [2.05, 4.69) is 24.4 Å². The highest BCUT2D eigenvalue weighted by Gasteiger charge is 2.41. The van der Waals surface area contributed by atoms with Crippen LogP contribution in [-0.4, -0.2) is 48.5 Å². The molecule has 1 fully saturated rings. The summed E-state index contributed by atoms with van der Waals surface area (Å²) in [5, 5.41) is 10.5. The number of carboxylic acid groups (broad SMARTS) is 1. The van der Waals surface area contributed by atoms with Crippen LogP contribution in [0.4, 0.5) is 13.2 Å². The van der Waals surface area contributed by atoms with E-state index in [4.69, 9.17) is 14.6 Å². The van der Waals surface area contributed by atoms with Crippen LogP contribution in [0, 0.1) is 5.92 Å². The first kappa shape index (κ1) is 29.4. The number of piperidine rings is 1. The molecule has 206 valence electrons. The number of rotatable bonds is 8. The van der Waals surface area contributed by atoms with Crippen molar-refractivity contribution in [2.24, 2.45) is 5.92 Å². The van der Waals surface area contributed by atoms with Crippen LogP contribution in [-0.2, 0) is 10.2 Å². The Morgan fingerprint density at radius 3 is 2.29 bits per heavy atom. The fourth-order valence-corrected chi connectivity index (χ4v) is 4.96. The fraction of sp³-hybridized carbons (Fsp3) is 0.483. The van der Waals surface area contributed by atoms with Crippen molar-refractivity contribution < 1.29 is 37.4 Å². The van der Waals surface area contributed by atoms with Gasteiger partial charge in [-0.15, -0.1) is 0 Å². The summed E-state index contributed by atoms with van der Waals surface area (Å²) in [7, 11) is 0. The first-order valence-electron chi connectivity index (χ1n) is 12.9. The van der Waals surface area contributed by atoms with Crippen molar-refractivity contribution in [3.8, 4) is 5.75 Å². The van der Waals surface area contributed by atoms with E-state index < -0.39 is 12.1 Å². The molecule has 0 aliphatic carbocycles. The van der Waals surface area contributed by atoms with Gasteiger partial charge in [0.1, 0.15) is 12.4 Å². The van der Waals surface area contributed by atoms with Crippen molar-refractivity contribution in [2.45, 2.75) is 64.0 Å². The average Bonchev–Trinajstić information content (AvgIpc) is 3.26. The molecule has 9 heteroatoms. The van der Waals surface area contributed by atoms with Crippen molar-refractivity contribution in [1.82, 2.24) is 5.32 Å². The quantitative estimate of drug-likeness (QED) is 0.407. The molecule has 0 radical (unpaired) electrons. The minimum Gasteiger partial charge on any atom is -0.491 e. The lowest BCUT2D eigenvalue weighted by Gasteiger charge is -2.24. The van der Waals surface area contributed by atoms with Crippen LogP contribution in [0.5, 0.6) is 5.75 Å². The molecule has 2 N–H and O–H groups in total. The van der Waals surface area contributed by atoms with Gasteiger partial charge in [0.25, 0.3) is 0 Å². The Kier molecular flexibility index (Phi) is 9.71. The predicted molar refractivity (Wildman–Crippen MR) is 137 cm³/mol. The third-order valence-corrected chi connectivity index (χ3v) is 7.26. The topological polar surface area (TPSA) is 92.7 Å².